The topological polar surface area (TPSA) is 83.8 Å². The fourth-order valence-corrected chi connectivity index (χ4v) is 2.01. The van der Waals surface area contributed by atoms with E-state index in [-0.39, 0.29) is 12.5 Å². The number of rotatable bonds is 3. The van der Waals surface area contributed by atoms with Crippen molar-refractivity contribution in [1.82, 2.24) is 4.57 Å². The van der Waals surface area contributed by atoms with Gasteiger partial charge in [0.2, 0.25) is 5.91 Å². The SMILES string of the molecule is Cc1ccccc1NC(=O)Cn1c(C#N)cc(N)c1C. The molecule has 0 radical (unpaired) electrons. The van der Waals surface area contributed by atoms with Gasteiger partial charge in [-0.1, -0.05) is 18.2 Å². The summed E-state index contributed by atoms with van der Waals surface area (Å²) in [6.45, 7) is 3.78. The Hall–Kier alpha value is -2.74. The van der Waals surface area contributed by atoms with Gasteiger partial charge in [0.1, 0.15) is 18.3 Å². The van der Waals surface area contributed by atoms with E-state index in [2.05, 4.69) is 5.32 Å². The molecule has 2 aromatic rings. The number of para-hydroxylation sites is 1. The summed E-state index contributed by atoms with van der Waals surface area (Å²) < 4.78 is 1.61. The largest absolute Gasteiger partial charge is 0.397 e. The number of nitrogens with zero attached hydrogens (tertiary/aromatic N) is 2. The number of anilines is 2. The van der Waals surface area contributed by atoms with Crippen molar-refractivity contribution < 1.29 is 4.79 Å². The number of carbonyl (C=O) groups excluding carboxylic acids is 1. The van der Waals surface area contributed by atoms with Gasteiger partial charge < -0.3 is 15.6 Å². The predicted octanol–water partition coefficient (Wildman–Crippen LogP) is 2.20. The Labute approximate surface area is 117 Å². The highest BCUT2D eigenvalue weighted by Crippen LogP contribution is 2.18. The number of nitrogens with one attached hydrogen (secondary N) is 1. The number of aryl methyl sites for hydroxylation is 1. The summed E-state index contributed by atoms with van der Waals surface area (Å²) >= 11 is 0. The van der Waals surface area contributed by atoms with Gasteiger partial charge in [0, 0.05) is 11.4 Å². The lowest BCUT2D eigenvalue weighted by Crippen LogP contribution is -2.20. The molecule has 0 atom stereocenters. The molecule has 1 aromatic heterocycles. The monoisotopic (exact) mass is 268 g/mol. The summed E-state index contributed by atoms with van der Waals surface area (Å²) in [5.41, 5.74) is 9.16. The molecule has 5 nitrogen and oxygen atoms in total. The highest BCUT2D eigenvalue weighted by Gasteiger charge is 2.13. The molecule has 20 heavy (non-hydrogen) atoms. The fraction of sp³-hybridized carbons (Fsp3) is 0.200. The molecule has 0 aliphatic carbocycles. The van der Waals surface area contributed by atoms with Crippen molar-refractivity contribution in [3.8, 4) is 6.07 Å². The first-order valence-corrected chi connectivity index (χ1v) is 6.24. The van der Waals surface area contributed by atoms with E-state index in [1.54, 1.807) is 17.6 Å². The third-order valence-corrected chi connectivity index (χ3v) is 3.24. The zero-order chi connectivity index (χ0) is 14.7. The molecule has 0 fully saturated rings. The van der Waals surface area contributed by atoms with Crippen molar-refractivity contribution in [2.45, 2.75) is 20.4 Å². The normalized spacial score (nSPS) is 10.1. The molecule has 1 aromatic carbocycles. The van der Waals surface area contributed by atoms with Crippen LogP contribution in [0.3, 0.4) is 0 Å². The van der Waals surface area contributed by atoms with Crippen molar-refractivity contribution >= 4 is 17.3 Å². The summed E-state index contributed by atoms with van der Waals surface area (Å²) in [7, 11) is 0. The lowest BCUT2D eigenvalue weighted by Gasteiger charge is -2.10. The maximum Gasteiger partial charge on any atom is 0.244 e. The Morgan fingerprint density at radius 1 is 1.40 bits per heavy atom. The second-order valence-electron chi connectivity index (χ2n) is 4.63. The number of hydrogen-bond donors (Lipinski definition) is 2. The lowest BCUT2D eigenvalue weighted by atomic mass is 10.2. The van der Waals surface area contributed by atoms with E-state index in [1.165, 1.54) is 0 Å². The number of hydrogen-bond acceptors (Lipinski definition) is 3. The van der Waals surface area contributed by atoms with Crippen molar-refractivity contribution in [3.05, 3.63) is 47.3 Å². The molecule has 3 N–H and O–H groups in total. The van der Waals surface area contributed by atoms with Crippen LogP contribution < -0.4 is 11.1 Å². The Balaban J connectivity index is 2.17. The first-order chi connectivity index (χ1) is 9.52. The molecule has 0 bridgehead atoms. The number of nitriles is 1. The van der Waals surface area contributed by atoms with Crippen LogP contribution in [0.5, 0.6) is 0 Å². The second-order valence-corrected chi connectivity index (χ2v) is 4.63. The van der Waals surface area contributed by atoms with Crippen molar-refractivity contribution in [1.29, 1.82) is 5.26 Å². The molecular formula is C15H16N4O. The van der Waals surface area contributed by atoms with E-state index in [4.69, 9.17) is 11.0 Å². The van der Waals surface area contributed by atoms with E-state index >= 15 is 0 Å². The third kappa shape index (κ3) is 2.64. The van der Waals surface area contributed by atoms with Crippen LogP contribution in [-0.2, 0) is 11.3 Å². The molecule has 0 saturated heterocycles. The van der Waals surface area contributed by atoms with Crippen LogP contribution in [0.15, 0.2) is 30.3 Å². The van der Waals surface area contributed by atoms with Crippen LogP contribution >= 0.6 is 0 Å². The van der Waals surface area contributed by atoms with Crippen molar-refractivity contribution in [2.24, 2.45) is 0 Å². The molecule has 0 unspecified atom stereocenters. The van der Waals surface area contributed by atoms with Crippen LogP contribution in [0.2, 0.25) is 0 Å². The molecule has 0 spiro atoms. The molecule has 2 rings (SSSR count). The van der Waals surface area contributed by atoms with Crippen LogP contribution in [0.25, 0.3) is 0 Å². The highest BCUT2D eigenvalue weighted by atomic mass is 16.1. The Morgan fingerprint density at radius 2 is 2.10 bits per heavy atom. The fourth-order valence-electron chi connectivity index (χ4n) is 2.01. The molecule has 102 valence electrons. The summed E-state index contributed by atoms with van der Waals surface area (Å²) in [6.07, 6.45) is 0. The van der Waals surface area contributed by atoms with E-state index in [0.29, 0.717) is 11.4 Å². The van der Waals surface area contributed by atoms with Gasteiger partial charge >= 0.3 is 0 Å². The maximum atomic E-state index is 12.1. The number of aromatic nitrogens is 1. The van der Waals surface area contributed by atoms with Gasteiger partial charge in [0.05, 0.1) is 5.69 Å². The minimum Gasteiger partial charge on any atom is -0.397 e. The quantitative estimate of drug-likeness (QED) is 0.895. The Kier molecular flexibility index (Phi) is 3.76. The minimum absolute atomic E-state index is 0.0697. The first-order valence-electron chi connectivity index (χ1n) is 6.24. The van der Waals surface area contributed by atoms with Gasteiger partial charge in [0.15, 0.2) is 0 Å². The Morgan fingerprint density at radius 3 is 2.75 bits per heavy atom. The average Bonchev–Trinajstić information content (AvgIpc) is 2.69. The molecular weight excluding hydrogens is 252 g/mol. The van der Waals surface area contributed by atoms with Crippen LogP contribution in [0.1, 0.15) is 17.0 Å². The van der Waals surface area contributed by atoms with E-state index in [9.17, 15) is 4.79 Å². The van der Waals surface area contributed by atoms with Crippen molar-refractivity contribution in [3.63, 3.8) is 0 Å². The molecule has 1 amide bonds. The Bertz CT molecular complexity index is 694. The van der Waals surface area contributed by atoms with E-state index < -0.39 is 0 Å². The lowest BCUT2D eigenvalue weighted by molar-refractivity contribution is -0.116. The van der Waals surface area contributed by atoms with Gasteiger partial charge in [0.25, 0.3) is 0 Å². The second kappa shape index (κ2) is 5.49. The zero-order valence-electron chi connectivity index (χ0n) is 11.5. The predicted molar refractivity (Wildman–Crippen MR) is 78.1 cm³/mol. The standard InChI is InChI=1S/C15H16N4O/c1-10-5-3-4-6-14(10)18-15(20)9-19-11(2)13(17)7-12(19)8-16/h3-7H,9,17H2,1-2H3,(H,18,20). The van der Waals surface area contributed by atoms with Crippen LogP contribution in [0.4, 0.5) is 11.4 Å². The number of nitrogens with two attached hydrogens (primary N) is 1. The van der Waals surface area contributed by atoms with E-state index in [1.807, 2.05) is 37.3 Å². The summed E-state index contributed by atoms with van der Waals surface area (Å²) in [6, 6.07) is 11.2. The highest BCUT2D eigenvalue weighted by molar-refractivity contribution is 5.91. The summed E-state index contributed by atoms with van der Waals surface area (Å²) in [5, 5.41) is 11.9. The van der Waals surface area contributed by atoms with Gasteiger partial charge in [-0.2, -0.15) is 5.26 Å². The minimum atomic E-state index is -0.186. The average molecular weight is 268 g/mol. The molecule has 1 heterocycles. The van der Waals surface area contributed by atoms with Crippen LogP contribution in [0, 0.1) is 25.2 Å². The van der Waals surface area contributed by atoms with E-state index in [0.717, 1.165) is 16.9 Å². The maximum absolute atomic E-state index is 12.1. The van der Waals surface area contributed by atoms with Crippen molar-refractivity contribution in [2.75, 3.05) is 11.1 Å². The molecule has 0 aliphatic heterocycles. The number of benzene rings is 1. The molecule has 0 aliphatic rings. The molecule has 5 heteroatoms. The smallest absolute Gasteiger partial charge is 0.244 e. The van der Waals surface area contributed by atoms with Gasteiger partial charge in [-0.25, -0.2) is 0 Å². The summed E-state index contributed by atoms with van der Waals surface area (Å²) in [4.78, 5) is 12.1. The number of amides is 1. The number of nitrogen functional groups attached to an aromatic ring is 1. The molecule has 0 saturated carbocycles. The summed E-state index contributed by atoms with van der Waals surface area (Å²) in [5.74, 6) is -0.186. The third-order valence-electron chi connectivity index (χ3n) is 3.24. The number of carbonyl (C=O) groups is 1. The van der Waals surface area contributed by atoms with Gasteiger partial charge in [-0.05, 0) is 31.5 Å². The van der Waals surface area contributed by atoms with Crippen LogP contribution in [-0.4, -0.2) is 10.5 Å². The first kappa shape index (κ1) is 13.7. The zero-order valence-corrected chi connectivity index (χ0v) is 11.5. The van der Waals surface area contributed by atoms with Gasteiger partial charge in [-0.15, -0.1) is 0 Å². The van der Waals surface area contributed by atoms with Gasteiger partial charge in [-0.3, -0.25) is 4.79 Å².